The van der Waals surface area contributed by atoms with E-state index in [1.165, 1.54) is 6.07 Å². The minimum atomic E-state index is -0.388. The Morgan fingerprint density at radius 1 is 1.05 bits per heavy atom. The quantitative estimate of drug-likeness (QED) is 0.680. The Hall–Kier alpha value is -0.910. The van der Waals surface area contributed by atoms with Gasteiger partial charge in [-0.3, -0.25) is 0 Å². The molecular weight excluding hydrogens is 401 g/mol. The third-order valence-corrected chi connectivity index (χ3v) is 3.83. The Kier molecular flexibility index (Phi) is 5.79. The average Bonchev–Trinajstić information content (AvgIpc) is 2.42. The van der Waals surface area contributed by atoms with Gasteiger partial charge in [0.05, 0.1) is 0 Å². The number of rotatable bonds is 5. The fraction of sp³-hybridized carbons (Fsp3) is 0.250. The van der Waals surface area contributed by atoms with Crippen molar-refractivity contribution in [2.45, 2.75) is 26.4 Å². The summed E-state index contributed by atoms with van der Waals surface area (Å²) in [5.74, 6) is 0.448. The van der Waals surface area contributed by atoms with Crippen LogP contribution in [-0.4, -0.2) is 6.04 Å². The van der Waals surface area contributed by atoms with E-state index in [4.69, 9.17) is 4.74 Å². The number of hydrogen-bond donors (Lipinski definition) is 1. The smallest absolute Gasteiger partial charge is 0.165 e. The molecule has 0 aromatic heterocycles. The van der Waals surface area contributed by atoms with E-state index in [9.17, 15) is 4.39 Å². The van der Waals surface area contributed by atoms with E-state index in [2.05, 4.69) is 51.0 Å². The molecule has 0 fully saturated rings. The highest BCUT2D eigenvalue weighted by atomic mass is 79.9. The minimum Gasteiger partial charge on any atom is -0.454 e. The minimum absolute atomic E-state index is 0.202. The van der Waals surface area contributed by atoms with E-state index >= 15 is 0 Å². The molecule has 0 radical (unpaired) electrons. The maximum atomic E-state index is 13.8. The molecule has 0 heterocycles. The van der Waals surface area contributed by atoms with Gasteiger partial charge in [0.25, 0.3) is 0 Å². The molecule has 112 valence electrons. The fourth-order valence-electron chi connectivity index (χ4n) is 1.76. The lowest BCUT2D eigenvalue weighted by Crippen LogP contribution is -2.22. The van der Waals surface area contributed by atoms with Crippen LogP contribution in [0.25, 0.3) is 0 Å². The summed E-state index contributed by atoms with van der Waals surface area (Å²) in [6.07, 6.45) is 0. The van der Waals surface area contributed by atoms with Gasteiger partial charge >= 0.3 is 0 Å². The van der Waals surface area contributed by atoms with Gasteiger partial charge in [-0.2, -0.15) is 0 Å². The zero-order chi connectivity index (χ0) is 15.4. The normalized spacial score (nSPS) is 11.0. The summed E-state index contributed by atoms with van der Waals surface area (Å²) in [5.41, 5.74) is 0.978. The summed E-state index contributed by atoms with van der Waals surface area (Å²) in [6, 6.07) is 10.8. The third kappa shape index (κ3) is 4.80. The van der Waals surface area contributed by atoms with Crippen molar-refractivity contribution in [2.75, 3.05) is 0 Å². The van der Waals surface area contributed by atoms with E-state index in [1.54, 1.807) is 12.1 Å². The molecule has 2 nitrogen and oxygen atoms in total. The Morgan fingerprint density at radius 3 is 2.33 bits per heavy atom. The van der Waals surface area contributed by atoms with Crippen molar-refractivity contribution < 1.29 is 9.13 Å². The van der Waals surface area contributed by atoms with Gasteiger partial charge in [-0.05, 0) is 30.3 Å². The molecule has 0 bridgehead atoms. The molecular formula is C16H16Br2FNO. The zero-order valence-corrected chi connectivity index (χ0v) is 15.0. The van der Waals surface area contributed by atoms with Crippen LogP contribution in [0.15, 0.2) is 45.3 Å². The van der Waals surface area contributed by atoms with E-state index in [0.29, 0.717) is 18.3 Å². The lowest BCUT2D eigenvalue weighted by atomic mass is 10.2. The second-order valence-corrected chi connectivity index (χ2v) is 6.80. The number of hydrogen-bond acceptors (Lipinski definition) is 2. The van der Waals surface area contributed by atoms with Gasteiger partial charge in [0.1, 0.15) is 5.75 Å². The van der Waals surface area contributed by atoms with Crippen LogP contribution >= 0.6 is 31.9 Å². The summed E-state index contributed by atoms with van der Waals surface area (Å²) in [6.45, 7) is 4.82. The maximum absolute atomic E-state index is 13.8. The number of ether oxygens (including phenoxy) is 1. The second-order valence-electron chi connectivity index (χ2n) is 4.96. The van der Waals surface area contributed by atoms with Crippen molar-refractivity contribution in [1.29, 1.82) is 0 Å². The number of benzene rings is 2. The van der Waals surface area contributed by atoms with Crippen LogP contribution in [0.3, 0.4) is 0 Å². The third-order valence-electron chi connectivity index (χ3n) is 2.84. The van der Waals surface area contributed by atoms with Crippen molar-refractivity contribution in [3.63, 3.8) is 0 Å². The van der Waals surface area contributed by atoms with E-state index in [-0.39, 0.29) is 11.6 Å². The van der Waals surface area contributed by atoms with E-state index in [1.807, 2.05) is 18.2 Å². The standard InChI is InChI=1S/C16H16Br2FNO/c1-10(2)20-9-11-3-4-12(17)7-15(11)21-16-8-13(18)5-6-14(16)19/h3-8,10,20H,9H2,1-2H3. The SMILES string of the molecule is CC(C)NCc1ccc(Br)cc1Oc1cc(Br)ccc1F. The predicted octanol–water partition coefficient (Wildman–Crippen LogP) is 5.64. The molecule has 0 aliphatic rings. The van der Waals surface area contributed by atoms with Gasteiger partial charge in [0.15, 0.2) is 11.6 Å². The summed E-state index contributed by atoms with van der Waals surface area (Å²) in [7, 11) is 0. The predicted molar refractivity (Wildman–Crippen MR) is 90.3 cm³/mol. The summed E-state index contributed by atoms with van der Waals surface area (Å²) >= 11 is 6.74. The lowest BCUT2D eigenvalue weighted by molar-refractivity contribution is 0.433. The molecule has 2 rings (SSSR count). The molecule has 0 aliphatic heterocycles. The number of nitrogens with one attached hydrogen (secondary N) is 1. The van der Waals surface area contributed by atoms with Crippen LogP contribution in [0.1, 0.15) is 19.4 Å². The van der Waals surface area contributed by atoms with Gasteiger partial charge in [-0.1, -0.05) is 51.8 Å². The molecule has 21 heavy (non-hydrogen) atoms. The summed E-state index contributed by atoms with van der Waals surface area (Å²) in [5, 5.41) is 3.34. The molecule has 0 aliphatic carbocycles. The van der Waals surface area contributed by atoms with Crippen molar-refractivity contribution in [2.24, 2.45) is 0 Å². The molecule has 0 atom stereocenters. The molecule has 0 saturated heterocycles. The van der Waals surface area contributed by atoms with Crippen molar-refractivity contribution in [1.82, 2.24) is 5.32 Å². The largest absolute Gasteiger partial charge is 0.454 e. The van der Waals surface area contributed by atoms with Gasteiger partial charge < -0.3 is 10.1 Å². The Balaban J connectivity index is 2.29. The molecule has 0 amide bonds. The maximum Gasteiger partial charge on any atom is 0.165 e. The molecule has 5 heteroatoms. The monoisotopic (exact) mass is 415 g/mol. The van der Waals surface area contributed by atoms with E-state index in [0.717, 1.165) is 14.5 Å². The molecule has 1 N–H and O–H groups in total. The topological polar surface area (TPSA) is 21.3 Å². The average molecular weight is 417 g/mol. The highest BCUT2D eigenvalue weighted by Gasteiger charge is 2.10. The lowest BCUT2D eigenvalue weighted by Gasteiger charge is -2.14. The van der Waals surface area contributed by atoms with Crippen LogP contribution in [0.5, 0.6) is 11.5 Å². The summed E-state index contributed by atoms with van der Waals surface area (Å²) in [4.78, 5) is 0. The van der Waals surface area contributed by atoms with Gasteiger partial charge in [-0.15, -0.1) is 0 Å². The van der Waals surface area contributed by atoms with Crippen LogP contribution in [0, 0.1) is 5.82 Å². The van der Waals surface area contributed by atoms with Crippen LogP contribution in [0.4, 0.5) is 4.39 Å². The Morgan fingerprint density at radius 2 is 1.67 bits per heavy atom. The van der Waals surface area contributed by atoms with Gasteiger partial charge in [0, 0.05) is 27.1 Å². The Bertz CT molecular complexity index is 632. The van der Waals surface area contributed by atoms with Gasteiger partial charge in [0.2, 0.25) is 0 Å². The highest BCUT2D eigenvalue weighted by Crippen LogP contribution is 2.31. The molecule has 2 aromatic rings. The summed E-state index contributed by atoms with van der Waals surface area (Å²) < 4.78 is 21.3. The van der Waals surface area contributed by atoms with Crippen LogP contribution in [0.2, 0.25) is 0 Å². The van der Waals surface area contributed by atoms with Crippen molar-refractivity contribution in [3.05, 3.63) is 56.7 Å². The first-order chi connectivity index (χ1) is 9.95. The molecule has 2 aromatic carbocycles. The van der Waals surface area contributed by atoms with Crippen LogP contribution < -0.4 is 10.1 Å². The fourth-order valence-corrected chi connectivity index (χ4v) is 2.44. The van der Waals surface area contributed by atoms with E-state index < -0.39 is 0 Å². The van der Waals surface area contributed by atoms with Gasteiger partial charge in [-0.25, -0.2) is 4.39 Å². The molecule has 0 spiro atoms. The van der Waals surface area contributed by atoms with Crippen molar-refractivity contribution in [3.8, 4) is 11.5 Å². The highest BCUT2D eigenvalue weighted by molar-refractivity contribution is 9.10. The first-order valence-corrected chi connectivity index (χ1v) is 8.19. The molecule has 0 saturated carbocycles. The van der Waals surface area contributed by atoms with Crippen LogP contribution in [-0.2, 0) is 6.54 Å². The first-order valence-electron chi connectivity index (χ1n) is 6.60. The Labute approximate surface area is 141 Å². The van der Waals surface area contributed by atoms with Crippen molar-refractivity contribution >= 4 is 31.9 Å². The second kappa shape index (κ2) is 7.38. The number of halogens is 3. The zero-order valence-electron chi connectivity index (χ0n) is 11.8. The molecule has 0 unspecified atom stereocenters. The first kappa shape index (κ1) is 16.5.